The summed E-state index contributed by atoms with van der Waals surface area (Å²) in [5.74, 6) is 0.679. The Kier molecular flexibility index (Phi) is 5.20. The first kappa shape index (κ1) is 17.9. The molecule has 0 aromatic heterocycles. The molecule has 2 aromatic rings. The maximum Gasteiger partial charge on any atom is 0.270 e. The van der Waals surface area contributed by atoms with Crippen LogP contribution < -0.4 is 4.74 Å². The van der Waals surface area contributed by atoms with E-state index in [1.807, 2.05) is 0 Å². The Labute approximate surface area is 140 Å². The van der Waals surface area contributed by atoms with Crippen LogP contribution in [-0.4, -0.2) is 31.8 Å². The van der Waals surface area contributed by atoms with E-state index in [-0.39, 0.29) is 17.1 Å². The van der Waals surface area contributed by atoms with Gasteiger partial charge in [-0.05, 0) is 30.2 Å². The van der Waals surface area contributed by atoms with Crippen molar-refractivity contribution in [3.05, 3.63) is 63.7 Å². The lowest BCUT2D eigenvalue weighted by Crippen LogP contribution is -2.27. The summed E-state index contributed by atoms with van der Waals surface area (Å²) in [4.78, 5) is 10.2. The van der Waals surface area contributed by atoms with Gasteiger partial charge < -0.3 is 4.74 Å². The maximum atomic E-state index is 12.7. The number of rotatable bonds is 6. The zero-order chi connectivity index (χ0) is 17.9. The summed E-state index contributed by atoms with van der Waals surface area (Å²) < 4.78 is 31.7. The van der Waals surface area contributed by atoms with Gasteiger partial charge in [0.2, 0.25) is 10.0 Å². The van der Waals surface area contributed by atoms with Crippen LogP contribution in [0.3, 0.4) is 0 Å². The van der Waals surface area contributed by atoms with Gasteiger partial charge in [-0.2, -0.15) is 4.31 Å². The van der Waals surface area contributed by atoms with Crippen LogP contribution >= 0.6 is 0 Å². The van der Waals surface area contributed by atoms with Gasteiger partial charge in [0, 0.05) is 25.7 Å². The number of methoxy groups -OCH3 is 1. The van der Waals surface area contributed by atoms with E-state index in [0.29, 0.717) is 11.3 Å². The SMILES string of the molecule is COc1ccc(CN(C)S(=O)(=O)c2cc([N+](=O)[O-])ccc2C)cc1. The number of hydrogen-bond donors (Lipinski definition) is 0. The highest BCUT2D eigenvalue weighted by atomic mass is 32.2. The lowest BCUT2D eigenvalue weighted by atomic mass is 10.2. The fourth-order valence-electron chi connectivity index (χ4n) is 2.22. The number of benzene rings is 2. The molecule has 0 saturated carbocycles. The van der Waals surface area contributed by atoms with Crippen molar-refractivity contribution in [2.75, 3.05) is 14.2 Å². The predicted molar refractivity (Wildman–Crippen MR) is 89.5 cm³/mol. The summed E-state index contributed by atoms with van der Waals surface area (Å²) in [6.45, 7) is 1.76. The van der Waals surface area contributed by atoms with E-state index in [2.05, 4.69) is 0 Å². The molecule has 0 unspecified atom stereocenters. The molecule has 0 spiro atoms. The predicted octanol–water partition coefficient (Wildman–Crippen LogP) is 2.73. The van der Waals surface area contributed by atoms with Crippen molar-refractivity contribution in [1.29, 1.82) is 0 Å². The van der Waals surface area contributed by atoms with Crippen LogP contribution in [0.15, 0.2) is 47.4 Å². The normalized spacial score (nSPS) is 11.5. The zero-order valence-electron chi connectivity index (χ0n) is 13.6. The quantitative estimate of drug-likeness (QED) is 0.590. The van der Waals surface area contributed by atoms with Gasteiger partial charge in [0.15, 0.2) is 0 Å². The van der Waals surface area contributed by atoms with E-state index >= 15 is 0 Å². The van der Waals surface area contributed by atoms with Crippen LogP contribution in [-0.2, 0) is 16.6 Å². The highest BCUT2D eigenvalue weighted by molar-refractivity contribution is 7.89. The molecule has 0 aliphatic carbocycles. The molecular formula is C16H18N2O5S. The molecule has 0 aliphatic rings. The van der Waals surface area contributed by atoms with Crippen LogP contribution in [0.2, 0.25) is 0 Å². The van der Waals surface area contributed by atoms with E-state index in [0.717, 1.165) is 11.6 Å². The zero-order valence-corrected chi connectivity index (χ0v) is 14.4. The first-order valence-corrected chi connectivity index (χ1v) is 8.54. The molecule has 0 aliphatic heterocycles. The first-order valence-electron chi connectivity index (χ1n) is 7.10. The van der Waals surface area contributed by atoms with Crippen molar-refractivity contribution < 1.29 is 18.1 Å². The van der Waals surface area contributed by atoms with Crippen molar-refractivity contribution in [3.8, 4) is 5.75 Å². The van der Waals surface area contributed by atoms with Crippen LogP contribution in [0.5, 0.6) is 5.75 Å². The van der Waals surface area contributed by atoms with Crippen molar-refractivity contribution in [1.82, 2.24) is 4.31 Å². The van der Waals surface area contributed by atoms with Crippen molar-refractivity contribution in [3.63, 3.8) is 0 Å². The summed E-state index contributed by atoms with van der Waals surface area (Å²) in [6, 6.07) is 10.8. The lowest BCUT2D eigenvalue weighted by Gasteiger charge is -2.18. The molecule has 2 aromatic carbocycles. The Balaban J connectivity index is 2.31. The summed E-state index contributed by atoms with van der Waals surface area (Å²) in [7, 11) is -0.847. The van der Waals surface area contributed by atoms with Crippen molar-refractivity contribution >= 4 is 15.7 Å². The Bertz CT molecular complexity index is 847. The van der Waals surface area contributed by atoms with Crippen molar-refractivity contribution in [2.24, 2.45) is 0 Å². The monoisotopic (exact) mass is 350 g/mol. The largest absolute Gasteiger partial charge is 0.497 e. The third-order valence-corrected chi connectivity index (χ3v) is 5.58. The fraction of sp³-hybridized carbons (Fsp3) is 0.250. The minimum absolute atomic E-state index is 0.0623. The van der Waals surface area contributed by atoms with Crippen LogP contribution in [0.25, 0.3) is 0 Å². The van der Waals surface area contributed by atoms with Gasteiger partial charge >= 0.3 is 0 Å². The van der Waals surface area contributed by atoms with E-state index in [9.17, 15) is 18.5 Å². The molecule has 0 radical (unpaired) electrons. The molecule has 128 valence electrons. The Morgan fingerprint density at radius 2 is 1.79 bits per heavy atom. The van der Waals surface area contributed by atoms with E-state index in [1.165, 1.54) is 23.5 Å². The smallest absolute Gasteiger partial charge is 0.270 e. The number of ether oxygens (including phenoxy) is 1. The van der Waals surface area contributed by atoms with Gasteiger partial charge in [-0.1, -0.05) is 18.2 Å². The Morgan fingerprint density at radius 1 is 1.17 bits per heavy atom. The lowest BCUT2D eigenvalue weighted by molar-refractivity contribution is -0.385. The molecule has 2 rings (SSSR count). The topological polar surface area (TPSA) is 89.8 Å². The molecule has 24 heavy (non-hydrogen) atoms. The molecule has 7 nitrogen and oxygen atoms in total. The molecule has 0 heterocycles. The van der Waals surface area contributed by atoms with Crippen molar-refractivity contribution in [2.45, 2.75) is 18.4 Å². The Morgan fingerprint density at radius 3 is 2.33 bits per heavy atom. The molecule has 0 N–H and O–H groups in total. The summed E-state index contributed by atoms with van der Waals surface area (Å²) in [6.07, 6.45) is 0. The summed E-state index contributed by atoms with van der Waals surface area (Å²) >= 11 is 0. The van der Waals surface area contributed by atoms with Gasteiger partial charge in [0.1, 0.15) is 5.75 Å². The molecule has 0 amide bonds. The first-order chi connectivity index (χ1) is 11.3. The van der Waals surface area contributed by atoms with E-state index in [4.69, 9.17) is 4.74 Å². The van der Waals surface area contributed by atoms with Gasteiger partial charge in [0.25, 0.3) is 5.69 Å². The minimum Gasteiger partial charge on any atom is -0.497 e. The number of nitro benzene ring substituents is 1. The molecule has 0 atom stereocenters. The summed E-state index contributed by atoms with van der Waals surface area (Å²) in [5, 5.41) is 10.9. The summed E-state index contributed by atoms with van der Waals surface area (Å²) in [5.41, 5.74) is 0.990. The average Bonchev–Trinajstić information content (AvgIpc) is 2.55. The van der Waals surface area contributed by atoms with Crippen LogP contribution in [0.1, 0.15) is 11.1 Å². The standard InChI is InChI=1S/C16H18N2O5S/c1-12-4-7-14(18(19)20)10-16(12)24(21,22)17(2)11-13-5-8-15(23-3)9-6-13/h4-10H,11H2,1-3H3. The van der Waals surface area contributed by atoms with Crippen LogP contribution in [0.4, 0.5) is 5.69 Å². The van der Waals surface area contributed by atoms with Gasteiger partial charge in [-0.3, -0.25) is 10.1 Å². The highest BCUT2D eigenvalue weighted by Gasteiger charge is 2.25. The van der Waals surface area contributed by atoms with E-state index in [1.54, 1.807) is 38.3 Å². The number of aryl methyl sites for hydroxylation is 1. The molecule has 0 bridgehead atoms. The van der Waals surface area contributed by atoms with E-state index < -0.39 is 14.9 Å². The van der Waals surface area contributed by atoms with Gasteiger partial charge in [0.05, 0.1) is 16.9 Å². The minimum atomic E-state index is -3.84. The number of nitro groups is 1. The number of nitrogens with zero attached hydrogens (tertiary/aromatic N) is 2. The number of hydrogen-bond acceptors (Lipinski definition) is 5. The molecule has 8 heteroatoms. The van der Waals surface area contributed by atoms with Gasteiger partial charge in [-0.25, -0.2) is 8.42 Å². The van der Waals surface area contributed by atoms with Gasteiger partial charge in [-0.15, -0.1) is 0 Å². The second-order valence-electron chi connectivity index (χ2n) is 5.32. The number of sulfonamides is 1. The number of non-ortho nitro benzene ring substituents is 1. The van der Waals surface area contributed by atoms with Crippen LogP contribution in [0, 0.1) is 17.0 Å². The maximum absolute atomic E-state index is 12.7. The fourth-order valence-corrected chi connectivity index (χ4v) is 3.62. The highest BCUT2D eigenvalue weighted by Crippen LogP contribution is 2.25. The third kappa shape index (κ3) is 3.72. The second-order valence-corrected chi connectivity index (χ2v) is 7.33. The average molecular weight is 350 g/mol. The molecule has 0 saturated heterocycles. The molecule has 0 fully saturated rings. The molecular weight excluding hydrogens is 332 g/mol. The third-order valence-electron chi connectivity index (χ3n) is 3.64. The second kappa shape index (κ2) is 6.98. The Hall–Kier alpha value is -2.45.